The summed E-state index contributed by atoms with van der Waals surface area (Å²) >= 11 is 5.39. The molecule has 0 unspecified atom stereocenters. The van der Waals surface area contributed by atoms with E-state index >= 15 is 0 Å². The Morgan fingerprint density at radius 3 is 2.45 bits per heavy atom. The number of hydrogen-bond acceptors (Lipinski definition) is 5. The van der Waals surface area contributed by atoms with Gasteiger partial charge in [0.05, 0.1) is 30.9 Å². The van der Waals surface area contributed by atoms with Gasteiger partial charge in [-0.05, 0) is 61.5 Å². The van der Waals surface area contributed by atoms with E-state index in [4.69, 9.17) is 21.7 Å². The van der Waals surface area contributed by atoms with Gasteiger partial charge in [-0.2, -0.15) is 4.31 Å². The Bertz CT molecular complexity index is 1000. The number of aryl methyl sites for hydroxylation is 2. The summed E-state index contributed by atoms with van der Waals surface area (Å²) in [5.74, 6) is 0.392. The third-order valence-electron chi connectivity index (χ3n) is 4.79. The molecule has 0 aliphatic carbocycles. The predicted octanol–water partition coefficient (Wildman–Crippen LogP) is 3.14. The molecule has 2 aromatic rings. The number of nitrogens with zero attached hydrogens (tertiary/aromatic N) is 1. The van der Waals surface area contributed by atoms with Gasteiger partial charge < -0.3 is 20.1 Å². The predicted molar refractivity (Wildman–Crippen MR) is 118 cm³/mol. The average Bonchev–Trinajstić information content (AvgIpc) is 2.71. The van der Waals surface area contributed by atoms with Crippen LogP contribution < -0.4 is 15.4 Å². The van der Waals surface area contributed by atoms with Crippen LogP contribution in [0.3, 0.4) is 0 Å². The number of ether oxygens (including phenoxy) is 2. The van der Waals surface area contributed by atoms with Gasteiger partial charge in [-0.15, -0.1) is 0 Å². The van der Waals surface area contributed by atoms with Crippen LogP contribution in [0.5, 0.6) is 5.75 Å². The lowest BCUT2D eigenvalue weighted by Gasteiger charge is -2.26. The van der Waals surface area contributed by atoms with Crippen LogP contribution in [0, 0.1) is 13.8 Å². The van der Waals surface area contributed by atoms with Gasteiger partial charge in [0.1, 0.15) is 5.75 Å². The highest BCUT2D eigenvalue weighted by Gasteiger charge is 2.27. The first-order valence-electron chi connectivity index (χ1n) is 9.22. The molecule has 1 heterocycles. The summed E-state index contributed by atoms with van der Waals surface area (Å²) < 4.78 is 37.7. The maximum atomic E-state index is 12.8. The number of benzene rings is 2. The standard InChI is InChI=1S/C20H25N3O4S2/c1-14-4-5-16(12-15(14)2)21-20(28)22-18-7-6-17(13-19(18)26-3)29(24,25)23-8-10-27-11-9-23/h4-7,12-13H,8-11H2,1-3H3,(H2,21,22,28). The fourth-order valence-electron chi connectivity index (χ4n) is 2.98. The maximum absolute atomic E-state index is 12.8. The summed E-state index contributed by atoms with van der Waals surface area (Å²) in [5, 5.41) is 6.58. The highest BCUT2D eigenvalue weighted by atomic mass is 32.2. The Morgan fingerprint density at radius 1 is 1.07 bits per heavy atom. The van der Waals surface area contributed by atoms with Crippen LogP contribution in [-0.2, 0) is 14.8 Å². The largest absolute Gasteiger partial charge is 0.495 e. The molecule has 9 heteroatoms. The van der Waals surface area contributed by atoms with E-state index in [2.05, 4.69) is 10.6 Å². The smallest absolute Gasteiger partial charge is 0.243 e. The Labute approximate surface area is 177 Å². The van der Waals surface area contributed by atoms with Crippen LogP contribution in [0.4, 0.5) is 11.4 Å². The summed E-state index contributed by atoms with van der Waals surface area (Å²) in [7, 11) is -2.11. The Balaban J connectivity index is 1.76. The molecule has 0 atom stereocenters. The highest BCUT2D eigenvalue weighted by Crippen LogP contribution is 2.29. The quantitative estimate of drug-likeness (QED) is 0.699. The molecule has 0 amide bonds. The van der Waals surface area contributed by atoms with Crippen molar-refractivity contribution >= 4 is 38.7 Å². The molecule has 1 saturated heterocycles. The third-order valence-corrected chi connectivity index (χ3v) is 6.89. The molecule has 1 fully saturated rings. The molecule has 7 nitrogen and oxygen atoms in total. The van der Waals surface area contributed by atoms with Gasteiger partial charge in [-0.25, -0.2) is 8.42 Å². The number of thiocarbonyl (C=S) groups is 1. The second-order valence-electron chi connectivity index (χ2n) is 6.76. The Hall–Kier alpha value is -2.20. The van der Waals surface area contributed by atoms with Crippen molar-refractivity contribution < 1.29 is 17.9 Å². The van der Waals surface area contributed by atoms with Gasteiger partial charge in [0.25, 0.3) is 0 Å². The lowest BCUT2D eigenvalue weighted by molar-refractivity contribution is 0.0730. The van der Waals surface area contributed by atoms with E-state index in [9.17, 15) is 8.42 Å². The average molecular weight is 436 g/mol. The SMILES string of the molecule is COc1cc(S(=O)(=O)N2CCOCC2)ccc1NC(=S)Nc1ccc(C)c(C)c1. The molecule has 0 bridgehead atoms. The van der Waals surface area contributed by atoms with Crippen molar-refractivity contribution in [1.82, 2.24) is 4.31 Å². The van der Waals surface area contributed by atoms with E-state index in [1.165, 1.54) is 23.0 Å². The summed E-state index contributed by atoms with van der Waals surface area (Å²) in [4.78, 5) is 0.176. The molecule has 156 valence electrons. The van der Waals surface area contributed by atoms with Gasteiger partial charge in [0.2, 0.25) is 10.0 Å². The summed E-state index contributed by atoms with van der Waals surface area (Å²) in [6, 6.07) is 10.7. The Morgan fingerprint density at radius 2 is 1.79 bits per heavy atom. The first-order valence-corrected chi connectivity index (χ1v) is 11.1. The molecule has 0 radical (unpaired) electrons. The second kappa shape index (κ2) is 9.08. The van der Waals surface area contributed by atoms with E-state index < -0.39 is 10.0 Å². The minimum atomic E-state index is -3.60. The molecular formula is C20H25N3O4S2. The molecule has 0 saturated carbocycles. The topological polar surface area (TPSA) is 79.9 Å². The molecule has 0 spiro atoms. The van der Waals surface area contributed by atoms with Gasteiger partial charge in [0.15, 0.2) is 5.11 Å². The summed E-state index contributed by atoms with van der Waals surface area (Å²) in [6.45, 7) is 5.56. The van der Waals surface area contributed by atoms with Crippen LogP contribution in [0.15, 0.2) is 41.3 Å². The monoisotopic (exact) mass is 435 g/mol. The zero-order chi connectivity index (χ0) is 21.0. The van der Waals surface area contributed by atoms with Crippen molar-refractivity contribution in [3.8, 4) is 5.75 Å². The van der Waals surface area contributed by atoms with Crippen molar-refractivity contribution in [3.05, 3.63) is 47.5 Å². The first-order chi connectivity index (χ1) is 13.8. The van der Waals surface area contributed by atoms with E-state index in [0.717, 1.165) is 11.3 Å². The number of rotatable bonds is 5. The highest BCUT2D eigenvalue weighted by molar-refractivity contribution is 7.89. The third kappa shape index (κ3) is 5.05. The minimum absolute atomic E-state index is 0.176. The van der Waals surface area contributed by atoms with Gasteiger partial charge in [-0.1, -0.05) is 6.07 Å². The van der Waals surface area contributed by atoms with Crippen LogP contribution in [-0.4, -0.2) is 51.2 Å². The van der Waals surface area contributed by atoms with Crippen molar-refractivity contribution in [1.29, 1.82) is 0 Å². The van der Waals surface area contributed by atoms with E-state index in [1.807, 2.05) is 32.0 Å². The fourth-order valence-corrected chi connectivity index (χ4v) is 4.63. The lowest BCUT2D eigenvalue weighted by Crippen LogP contribution is -2.40. The molecule has 1 aliphatic rings. The normalized spacial score (nSPS) is 15.0. The van der Waals surface area contributed by atoms with E-state index in [-0.39, 0.29) is 4.90 Å². The van der Waals surface area contributed by atoms with Crippen molar-refractivity contribution in [2.24, 2.45) is 0 Å². The number of nitrogens with one attached hydrogen (secondary N) is 2. The number of hydrogen-bond donors (Lipinski definition) is 2. The number of sulfonamides is 1. The lowest BCUT2D eigenvalue weighted by atomic mass is 10.1. The van der Waals surface area contributed by atoms with Crippen molar-refractivity contribution in [3.63, 3.8) is 0 Å². The molecule has 0 aromatic heterocycles. The molecule has 29 heavy (non-hydrogen) atoms. The first kappa shape index (κ1) is 21.5. The van der Waals surface area contributed by atoms with Gasteiger partial charge in [-0.3, -0.25) is 0 Å². The van der Waals surface area contributed by atoms with Crippen molar-refractivity contribution in [2.75, 3.05) is 44.0 Å². The molecule has 1 aliphatic heterocycles. The number of anilines is 2. The maximum Gasteiger partial charge on any atom is 0.243 e. The second-order valence-corrected chi connectivity index (χ2v) is 9.10. The van der Waals surface area contributed by atoms with E-state index in [1.54, 1.807) is 12.1 Å². The summed E-state index contributed by atoms with van der Waals surface area (Å²) in [5.41, 5.74) is 3.81. The number of morpholine rings is 1. The summed E-state index contributed by atoms with van der Waals surface area (Å²) in [6.07, 6.45) is 0. The van der Waals surface area contributed by atoms with Crippen LogP contribution in [0.1, 0.15) is 11.1 Å². The van der Waals surface area contributed by atoms with Crippen LogP contribution in [0.2, 0.25) is 0 Å². The van der Waals surface area contributed by atoms with Gasteiger partial charge >= 0.3 is 0 Å². The molecule has 2 N–H and O–H groups in total. The molecule has 2 aromatic carbocycles. The Kier molecular flexibility index (Phi) is 6.74. The van der Waals surface area contributed by atoms with Gasteiger partial charge in [0, 0.05) is 24.8 Å². The van der Waals surface area contributed by atoms with Crippen molar-refractivity contribution in [2.45, 2.75) is 18.7 Å². The molecular weight excluding hydrogens is 410 g/mol. The zero-order valence-corrected chi connectivity index (χ0v) is 18.3. The number of methoxy groups -OCH3 is 1. The van der Waals surface area contributed by atoms with E-state index in [0.29, 0.717) is 42.9 Å². The molecule has 3 rings (SSSR count). The fraction of sp³-hybridized carbons (Fsp3) is 0.350. The van der Waals surface area contributed by atoms with Crippen LogP contribution >= 0.6 is 12.2 Å². The van der Waals surface area contributed by atoms with Crippen LogP contribution in [0.25, 0.3) is 0 Å². The zero-order valence-electron chi connectivity index (χ0n) is 16.7. The minimum Gasteiger partial charge on any atom is -0.495 e.